The quantitative estimate of drug-likeness (QED) is 0.468. The van der Waals surface area contributed by atoms with Gasteiger partial charge in [-0.05, 0) is 43.9 Å². The van der Waals surface area contributed by atoms with E-state index in [2.05, 4.69) is 15.6 Å². The van der Waals surface area contributed by atoms with Gasteiger partial charge in [0, 0.05) is 43.0 Å². The summed E-state index contributed by atoms with van der Waals surface area (Å²) in [5.74, 6) is 0.397. The molecule has 0 fully saturated rings. The standard InChI is InChI=1S/C29H35N5O5S/c1-19(2)14-24-28(37)31-9-12-33-11-8-30-27(33)21-6-4-7-23(15-21)39-13-5-10-34(17-26(36)32-24)29(38)22-16-25(20(3)35)40-18-22/h4,6-8,11,15-16,18-19,24H,5,9-10,12-14,17H2,1-3H3,(H,31,37)(H,32,36)/t24-/m1/s1. The predicted octanol–water partition coefficient (Wildman–Crippen LogP) is 3.39. The van der Waals surface area contributed by atoms with Crippen molar-refractivity contribution in [2.24, 2.45) is 5.92 Å². The van der Waals surface area contributed by atoms with Crippen molar-refractivity contribution in [3.63, 3.8) is 0 Å². The fourth-order valence-corrected chi connectivity index (χ4v) is 5.31. The van der Waals surface area contributed by atoms with Gasteiger partial charge in [0.15, 0.2) is 5.78 Å². The van der Waals surface area contributed by atoms with Crippen LogP contribution >= 0.6 is 11.3 Å². The molecule has 1 atom stereocenters. The molecule has 1 aliphatic heterocycles. The molecule has 2 bridgehead atoms. The molecule has 0 aliphatic carbocycles. The number of hydrogen-bond donors (Lipinski definition) is 2. The van der Waals surface area contributed by atoms with Crippen LogP contribution in [0.1, 0.15) is 53.6 Å². The summed E-state index contributed by atoms with van der Waals surface area (Å²) in [6, 6.07) is 8.42. The molecule has 2 N–H and O–H groups in total. The van der Waals surface area contributed by atoms with Gasteiger partial charge in [0.2, 0.25) is 11.8 Å². The number of fused-ring (bicyclic) bond motifs is 4. The number of amides is 3. The first kappa shape index (κ1) is 29.0. The zero-order valence-corrected chi connectivity index (χ0v) is 23.8. The van der Waals surface area contributed by atoms with Crippen molar-refractivity contribution in [3.05, 3.63) is 58.5 Å². The van der Waals surface area contributed by atoms with E-state index in [-0.39, 0.29) is 36.6 Å². The normalized spacial score (nSPS) is 17.2. The number of nitrogens with zero attached hydrogens (tertiary/aromatic N) is 3. The third-order valence-corrected chi connectivity index (χ3v) is 7.51. The first-order valence-corrected chi connectivity index (χ1v) is 14.3. The van der Waals surface area contributed by atoms with E-state index >= 15 is 0 Å². The maximum absolute atomic E-state index is 13.4. The van der Waals surface area contributed by atoms with Crippen molar-refractivity contribution in [2.45, 2.75) is 46.2 Å². The molecule has 4 rings (SSSR count). The smallest absolute Gasteiger partial charge is 0.255 e. The Labute approximate surface area is 237 Å². The summed E-state index contributed by atoms with van der Waals surface area (Å²) < 4.78 is 7.94. The van der Waals surface area contributed by atoms with Crippen LogP contribution in [0.4, 0.5) is 0 Å². The topological polar surface area (TPSA) is 123 Å². The molecule has 212 valence electrons. The van der Waals surface area contributed by atoms with E-state index in [1.54, 1.807) is 17.6 Å². The number of Topliss-reactive ketones (excluding diaryl/α,β-unsaturated/α-hetero) is 1. The minimum Gasteiger partial charge on any atom is -0.494 e. The number of benzene rings is 1. The van der Waals surface area contributed by atoms with Gasteiger partial charge >= 0.3 is 0 Å². The maximum atomic E-state index is 13.4. The van der Waals surface area contributed by atoms with Crippen LogP contribution in [0.2, 0.25) is 0 Å². The Morgan fingerprint density at radius 2 is 2.02 bits per heavy atom. The molecule has 0 radical (unpaired) electrons. The average Bonchev–Trinajstić information content (AvgIpc) is 3.59. The maximum Gasteiger partial charge on any atom is 0.255 e. The van der Waals surface area contributed by atoms with Gasteiger partial charge in [-0.1, -0.05) is 26.0 Å². The molecule has 11 heteroatoms. The Hall–Kier alpha value is -3.99. The van der Waals surface area contributed by atoms with Gasteiger partial charge in [-0.25, -0.2) is 4.98 Å². The Bertz CT molecular complexity index is 1360. The van der Waals surface area contributed by atoms with Gasteiger partial charge in [0.1, 0.15) is 17.6 Å². The number of carbonyl (C=O) groups excluding carboxylic acids is 4. The Balaban J connectivity index is 1.59. The van der Waals surface area contributed by atoms with Gasteiger partial charge in [-0.15, -0.1) is 11.3 Å². The molecule has 0 unspecified atom stereocenters. The fourth-order valence-electron chi connectivity index (χ4n) is 4.53. The van der Waals surface area contributed by atoms with Crippen LogP contribution in [-0.2, 0) is 16.1 Å². The molecule has 0 saturated carbocycles. The predicted molar refractivity (Wildman–Crippen MR) is 152 cm³/mol. The van der Waals surface area contributed by atoms with E-state index in [0.29, 0.717) is 48.7 Å². The minimum absolute atomic E-state index is 0.123. The molecule has 1 aromatic carbocycles. The van der Waals surface area contributed by atoms with Gasteiger partial charge in [-0.3, -0.25) is 19.2 Å². The zero-order valence-electron chi connectivity index (χ0n) is 23.0. The van der Waals surface area contributed by atoms with Crippen molar-refractivity contribution in [1.82, 2.24) is 25.1 Å². The van der Waals surface area contributed by atoms with E-state index in [9.17, 15) is 19.2 Å². The first-order chi connectivity index (χ1) is 19.2. The summed E-state index contributed by atoms with van der Waals surface area (Å²) in [5.41, 5.74) is 1.24. The highest BCUT2D eigenvalue weighted by molar-refractivity contribution is 7.12. The third kappa shape index (κ3) is 7.56. The number of carbonyl (C=O) groups is 4. The lowest BCUT2D eigenvalue weighted by atomic mass is 10.0. The summed E-state index contributed by atoms with van der Waals surface area (Å²) in [6.07, 6.45) is 4.50. The number of hydrogen-bond acceptors (Lipinski definition) is 7. The highest BCUT2D eigenvalue weighted by atomic mass is 32.1. The molecule has 3 heterocycles. The number of nitrogens with one attached hydrogen (secondary N) is 2. The number of thiophene rings is 1. The van der Waals surface area contributed by atoms with Gasteiger partial charge in [0.05, 0.1) is 23.6 Å². The monoisotopic (exact) mass is 565 g/mol. The van der Waals surface area contributed by atoms with Crippen LogP contribution in [-0.4, -0.2) is 70.2 Å². The number of aromatic nitrogens is 2. The Morgan fingerprint density at radius 3 is 2.77 bits per heavy atom. The van der Waals surface area contributed by atoms with E-state index in [4.69, 9.17) is 4.74 Å². The van der Waals surface area contributed by atoms with E-state index < -0.39 is 11.9 Å². The van der Waals surface area contributed by atoms with Crippen LogP contribution in [0.5, 0.6) is 5.75 Å². The lowest BCUT2D eigenvalue weighted by Crippen LogP contribution is -2.51. The van der Waals surface area contributed by atoms with Crippen LogP contribution in [0.15, 0.2) is 48.1 Å². The summed E-state index contributed by atoms with van der Waals surface area (Å²) in [5, 5.41) is 7.40. The number of ketones is 1. The highest BCUT2D eigenvalue weighted by Crippen LogP contribution is 2.23. The molecule has 40 heavy (non-hydrogen) atoms. The molecular formula is C29H35N5O5S. The molecule has 0 spiro atoms. The minimum atomic E-state index is -0.740. The summed E-state index contributed by atoms with van der Waals surface area (Å²) in [4.78, 5) is 57.8. The van der Waals surface area contributed by atoms with Crippen molar-refractivity contribution in [3.8, 4) is 17.1 Å². The number of imidazole rings is 1. The first-order valence-electron chi connectivity index (χ1n) is 13.4. The molecule has 3 aromatic rings. The molecule has 10 nitrogen and oxygen atoms in total. The Morgan fingerprint density at radius 1 is 1.20 bits per heavy atom. The van der Waals surface area contributed by atoms with Gasteiger partial charge < -0.3 is 24.8 Å². The van der Waals surface area contributed by atoms with E-state index in [1.165, 1.54) is 23.2 Å². The number of ether oxygens (including phenoxy) is 1. The van der Waals surface area contributed by atoms with Crippen molar-refractivity contribution in [1.29, 1.82) is 0 Å². The average molecular weight is 566 g/mol. The molecule has 1 aliphatic rings. The van der Waals surface area contributed by atoms with Crippen LogP contribution in [0.25, 0.3) is 11.4 Å². The fraction of sp³-hybridized carbons (Fsp3) is 0.414. The van der Waals surface area contributed by atoms with Crippen molar-refractivity contribution < 1.29 is 23.9 Å². The number of rotatable bonds is 4. The van der Waals surface area contributed by atoms with E-state index in [1.807, 2.05) is 48.9 Å². The molecule has 2 aromatic heterocycles. The van der Waals surface area contributed by atoms with Crippen LogP contribution < -0.4 is 15.4 Å². The lowest BCUT2D eigenvalue weighted by Gasteiger charge is -2.25. The van der Waals surface area contributed by atoms with Crippen molar-refractivity contribution >= 4 is 34.8 Å². The molecule has 3 amide bonds. The summed E-state index contributed by atoms with van der Waals surface area (Å²) >= 11 is 1.20. The van der Waals surface area contributed by atoms with Gasteiger partial charge in [-0.2, -0.15) is 0 Å². The lowest BCUT2D eigenvalue weighted by molar-refractivity contribution is -0.129. The second-order valence-electron chi connectivity index (χ2n) is 10.2. The zero-order chi connectivity index (χ0) is 28.6. The van der Waals surface area contributed by atoms with Crippen molar-refractivity contribution in [2.75, 3.05) is 26.2 Å². The Kier molecular flexibility index (Phi) is 9.70. The highest BCUT2D eigenvalue weighted by Gasteiger charge is 2.25. The van der Waals surface area contributed by atoms with E-state index in [0.717, 1.165) is 11.4 Å². The van der Waals surface area contributed by atoms with Crippen LogP contribution in [0.3, 0.4) is 0 Å². The summed E-state index contributed by atoms with van der Waals surface area (Å²) in [6.45, 7) is 6.62. The second-order valence-corrected chi connectivity index (χ2v) is 11.1. The SMILES string of the molecule is CC(=O)c1cc(C(=O)N2CCCOc3cccc(c3)-c3nccn3CCNC(=O)[C@@H](CC(C)C)NC(=O)C2)cs1. The molecular weight excluding hydrogens is 530 g/mol. The van der Waals surface area contributed by atoms with Gasteiger partial charge in [0.25, 0.3) is 5.91 Å². The largest absolute Gasteiger partial charge is 0.494 e. The van der Waals surface area contributed by atoms with Crippen LogP contribution in [0, 0.1) is 5.92 Å². The third-order valence-electron chi connectivity index (χ3n) is 6.47. The second kappa shape index (κ2) is 13.4. The summed E-state index contributed by atoms with van der Waals surface area (Å²) in [7, 11) is 0. The molecule has 0 saturated heterocycles.